The largest absolute Gasteiger partial charge is 0.344 e. The molecular formula is C20H32N4O2. The number of hydrogen-bond acceptors (Lipinski definition) is 4. The van der Waals surface area contributed by atoms with Crippen molar-refractivity contribution >= 4 is 5.91 Å². The third-order valence-electron chi connectivity index (χ3n) is 5.79. The second-order valence-electron chi connectivity index (χ2n) is 8.89. The topological polar surface area (TPSA) is 58.4 Å². The molecule has 2 saturated heterocycles. The van der Waals surface area contributed by atoms with Gasteiger partial charge in [0, 0.05) is 31.6 Å². The van der Waals surface area contributed by atoms with Crippen molar-refractivity contribution in [3.05, 3.63) is 28.2 Å². The fraction of sp³-hybridized carbons (Fsp3) is 0.750. The molecule has 144 valence electrons. The lowest BCUT2D eigenvalue weighted by Crippen LogP contribution is -2.53. The van der Waals surface area contributed by atoms with Gasteiger partial charge in [0.2, 0.25) is 5.91 Å². The number of carbonyl (C=O) groups excluding carboxylic acids is 1. The number of hydrogen-bond donors (Lipinski definition) is 0. The maximum absolute atomic E-state index is 12.4. The van der Waals surface area contributed by atoms with Crippen LogP contribution in [0.4, 0.5) is 0 Å². The van der Waals surface area contributed by atoms with Gasteiger partial charge in [-0.15, -0.1) is 0 Å². The molecule has 0 bridgehead atoms. The van der Waals surface area contributed by atoms with Crippen molar-refractivity contribution in [2.45, 2.75) is 64.5 Å². The highest BCUT2D eigenvalue weighted by Crippen LogP contribution is 2.25. The Morgan fingerprint density at radius 2 is 1.77 bits per heavy atom. The van der Waals surface area contributed by atoms with Crippen molar-refractivity contribution in [1.29, 1.82) is 0 Å². The summed E-state index contributed by atoms with van der Waals surface area (Å²) in [6.07, 6.45) is 4.09. The van der Waals surface area contributed by atoms with E-state index in [1.165, 1.54) is 0 Å². The first-order chi connectivity index (χ1) is 12.3. The van der Waals surface area contributed by atoms with Gasteiger partial charge in [-0.05, 0) is 50.8 Å². The van der Waals surface area contributed by atoms with Gasteiger partial charge in [-0.1, -0.05) is 20.8 Å². The molecule has 0 saturated carbocycles. The zero-order valence-corrected chi connectivity index (χ0v) is 16.6. The molecule has 6 nitrogen and oxygen atoms in total. The first-order valence-electron chi connectivity index (χ1n) is 9.83. The number of likely N-dealkylation sites (N-methyl/N-ethyl adjacent to an activating group) is 1. The normalized spacial score (nSPS) is 23.5. The molecule has 0 spiro atoms. The van der Waals surface area contributed by atoms with Crippen LogP contribution in [0, 0.1) is 5.92 Å². The summed E-state index contributed by atoms with van der Waals surface area (Å²) in [5, 5.41) is 4.60. The number of rotatable bonds is 3. The minimum absolute atomic E-state index is 0.0236. The van der Waals surface area contributed by atoms with E-state index in [0.29, 0.717) is 12.5 Å². The summed E-state index contributed by atoms with van der Waals surface area (Å²) >= 11 is 0. The lowest BCUT2D eigenvalue weighted by molar-refractivity contribution is -0.139. The average Bonchev–Trinajstić information content (AvgIpc) is 2.59. The van der Waals surface area contributed by atoms with Crippen LogP contribution in [-0.2, 0) is 16.8 Å². The predicted molar refractivity (Wildman–Crippen MR) is 102 cm³/mol. The molecule has 0 aromatic carbocycles. The molecule has 0 aliphatic carbocycles. The summed E-state index contributed by atoms with van der Waals surface area (Å²) in [7, 11) is 1.90. The Hall–Kier alpha value is -1.69. The number of amides is 1. The Labute approximate surface area is 156 Å². The monoisotopic (exact) mass is 360 g/mol. The summed E-state index contributed by atoms with van der Waals surface area (Å²) < 4.78 is 1.64. The molecule has 1 unspecified atom stereocenters. The van der Waals surface area contributed by atoms with Gasteiger partial charge in [-0.2, -0.15) is 5.10 Å². The molecule has 2 aliphatic heterocycles. The van der Waals surface area contributed by atoms with Gasteiger partial charge in [-0.3, -0.25) is 14.5 Å². The zero-order valence-electron chi connectivity index (χ0n) is 16.6. The second-order valence-corrected chi connectivity index (χ2v) is 8.89. The van der Waals surface area contributed by atoms with Crippen LogP contribution in [-0.4, -0.2) is 58.2 Å². The van der Waals surface area contributed by atoms with Crippen LogP contribution in [0.25, 0.3) is 0 Å². The fourth-order valence-electron chi connectivity index (χ4n) is 4.02. The number of likely N-dealkylation sites (tertiary alicyclic amines) is 2. The van der Waals surface area contributed by atoms with Crippen LogP contribution in [0.1, 0.15) is 52.1 Å². The standard InChI is InChI=1S/C20H32N4O2/c1-20(2,3)17-7-8-18(25)24(21-17)14-15-9-12-23(13-10-15)16-6-5-11-22(4)19(16)26/h7-8,15-16H,5-6,9-14H2,1-4H3. The molecule has 0 N–H and O–H groups in total. The Morgan fingerprint density at radius 1 is 1.08 bits per heavy atom. The molecule has 6 heteroatoms. The maximum atomic E-state index is 12.4. The quantitative estimate of drug-likeness (QED) is 0.826. The first-order valence-corrected chi connectivity index (χ1v) is 9.83. The third-order valence-corrected chi connectivity index (χ3v) is 5.79. The van der Waals surface area contributed by atoms with Gasteiger partial charge in [0.25, 0.3) is 5.56 Å². The van der Waals surface area contributed by atoms with E-state index in [9.17, 15) is 9.59 Å². The minimum atomic E-state index is -0.0633. The molecule has 3 rings (SSSR count). The smallest absolute Gasteiger partial charge is 0.266 e. The molecule has 1 aromatic rings. The molecule has 26 heavy (non-hydrogen) atoms. The molecule has 2 aliphatic rings. The van der Waals surface area contributed by atoms with E-state index in [-0.39, 0.29) is 22.9 Å². The summed E-state index contributed by atoms with van der Waals surface area (Å²) in [4.78, 5) is 28.8. The molecule has 1 aromatic heterocycles. The van der Waals surface area contributed by atoms with Gasteiger partial charge in [0.15, 0.2) is 0 Å². The van der Waals surface area contributed by atoms with E-state index in [0.717, 1.165) is 51.0 Å². The van der Waals surface area contributed by atoms with Crippen molar-refractivity contribution in [3.8, 4) is 0 Å². The van der Waals surface area contributed by atoms with Crippen LogP contribution in [0.2, 0.25) is 0 Å². The number of carbonyl (C=O) groups is 1. The van der Waals surface area contributed by atoms with Crippen LogP contribution in [0.15, 0.2) is 16.9 Å². The van der Waals surface area contributed by atoms with Crippen LogP contribution < -0.4 is 5.56 Å². The molecule has 2 fully saturated rings. The van der Waals surface area contributed by atoms with Crippen LogP contribution >= 0.6 is 0 Å². The molecule has 3 heterocycles. The number of piperidine rings is 2. The van der Waals surface area contributed by atoms with E-state index in [1.54, 1.807) is 10.7 Å². The Balaban J connectivity index is 1.61. The number of aromatic nitrogens is 2. The fourth-order valence-corrected chi connectivity index (χ4v) is 4.02. The zero-order chi connectivity index (χ0) is 18.9. The minimum Gasteiger partial charge on any atom is -0.344 e. The molecular weight excluding hydrogens is 328 g/mol. The average molecular weight is 361 g/mol. The van der Waals surface area contributed by atoms with Crippen LogP contribution in [0.3, 0.4) is 0 Å². The Kier molecular flexibility index (Phi) is 5.51. The van der Waals surface area contributed by atoms with E-state index in [1.807, 2.05) is 18.0 Å². The molecule has 0 radical (unpaired) electrons. The van der Waals surface area contributed by atoms with Crippen LogP contribution in [0.5, 0.6) is 0 Å². The van der Waals surface area contributed by atoms with Crippen molar-refractivity contribution in [3.63, 3.8) is 0 Å². The van der Waals surface area contributed by atoms with Gasteiger partial charge >= 0.3 is 0 Å². The first kappa shape index (κ1) is 19.1. The Morgan fingerprint density at radius 3 is 2.42 bits per heavy atom. The number of nitrogens with zero attached hydrogens (tertiary/aromatic N) is 4. The summed E-state index contributed by atoms with van der Waals surface area (Å²) in [5.74, 6) is 0.716. The van der Waals surface area contributed by atoms with Crippen molar-refractivity contribution in [2.24, 2.45) is 5.92 Å². The van der Waals surface area contributed by atoms with E-state index < -0.39 is 0 Å². The van der Waals surface area contributed by atoms with Gasteiger partial charge in [-0.25, -0.2) is 4.68 Å². The lowest BCUT2D eigenvalue weighted by atomic mass is 9.92. The van der Waals surface area contributed by atoms with Gasteiger partial charge < -0.3 is 4.90 Å². The lowest BCUT2D eigenvalue weighted by Gasteiger charge is -2.40. The van der Waals surface area contributed by atoms with Crippen molar-refractivity contribution in [1.82, 2.24) is 19.6 Å². The molecule has 1 atom stereocenters. The summed E-state index contributed by atoms with van der Waals surface area (Å²) in [5.41, 5.74) is 0.863. The summed E-state index contributed by atoms with van der Waals surface area (Å²) in [6.45, 7) is 9.76. The van der Waals surface area contributed by atoms with Crippen molar-refractivity contribution < 1.29 is 4.79 Å². The highest BCUT2D eigenvalue weighted by atomic mass is 16.2. The third kappa shape index (κ3) is 4.17. The highest BCUT2D eigenvalue weighted by molar-refractivity contribution is 5.82. The van der Waals surface area contributed by atoms with Gasteiger partial charge in [0.05, 0.1) is 11.7 Å². The van der Waals surface area contributed by atoms with E-state index in [2.05, 4.69) is 30.8 Å². The maximum Gasteiger partial charge on any atom is 0.266 e. The van der Waals surface area contributed by atoms with E-state index in [4.69, 9.17) is 0 Å². The predicted octanol–water partition coefficient (Wildman–Crippen LogP) is 1.87. The van der Waals surface area contributed by atoms with Gasteiger partial charge in [0.1, 0.15) is 0 Å². The molecule has 1 amide bonds. The highest BCUT2D eigenvalue weighted by Gasteiger charge is 2.33. The van der Waals surface area contributed by atoms with Crippen molar-refractivity contribution in [2.75, 3.05) is 26.7 Å². The Bertz CT molecular complexity index is 698. The summed E-state index contributed by atoms with van der Waals surface area (Å²) in [6, 6.07) is 3.53. The SMILES string of the molecule is CN1CCCC(N2CCC(Cn3nc(C(C)(C)C)ccc3=O)CC2)C1=O. The second kappa shape index (κ2) is 7.51. The van der Waals surface area contributed by atoms with E-state index >= 15 is 0 Å².